The van der Waals surface area contributed by atoms with Gasteiger partial charge in [-0.2, -0.15) is 0 Å². The number of nitrogens with one attached hydrogen (secondary N) is 2. The van der Waals surface area contributed by atoms with Crippen molar-refractivity contribution in [1.82, 2.24) is 5.32 Å². The average Bonchev–Trinajstić information content (AvgIpc) is 3.38. The van der Waals surface area contributed by atoms with Gasteiger partial charge in [0.1, 0.15) is 10.8 Å². The Morgan fingerprint density at radius 1 is 1.12 bits per heavy atom. The van der Waals surface area contributed by atoms with E-state index in [2.05, 4.69) is 10.6 Å². The van der Waals surface area contributed by atoms with Gasteiger partial charge in [-0.1, -0.05) is 17.7 Å². The van der Waals surface area contributed by atoms with Gasteiger partial charge in [0.15, 0.2) is 6.61 Å². The van der Waals surface area contributed by atoms with Crippen LogP contribution in [0.15, 0.2) is 12.1 Å². The molecule has 2 aliphatic rings. The molecule has 2 amide bonds. The Bertz CT molecular complexity index is 985. The molecule has 1 saturated heterocycles. The second kappa shape index (κ2) is 10.0. The molecule has 2 N–H and O–H groups in total. The number of rotatable bonds is 7. The molecule has 1 atom stereocenters. The van der Waals surface area contributed by atoms with Crippen molar-refractivity contribution in [3.05, 3.63) is 44.8 Å². The first kappa shape index (κ1) is 22.8. The number of amides is 2. The molecule has 7 heteroatoms. The van der Waals surface area contributed by atoms with Gasteiger partial charge in [-0.25, -0.2) is 0 Å². The van der Waals surface area contributed by atoms with E-state index < -0.39 is 0 Å². The van der Waals surface area contributed by atoms with E-state index in [1.807, 2.05) is 32.9 Å². The van der Waals surface area contributed by atoms with Crippen LogP contribution in [0.4, 0.5) is 5.00 Å². The number of ether oxygens (including phenoxy) is 2. The molecular weight excluding hydrogens is 424 g/mol. The quantitative estimate of drug-likeness (QED) is 0.644. The summed E-state index contributed by atoms with van der Waals surface area (Å²) in [5, 5.41) is 6.62. The molecule has 172 valence electrons. The predicted octanol–water partition coefficient (Wildman–Crippen LogP) is 4.48. The summed E-state index contributed by atoms with van der Waals surface area (Å²) >= 11 is 1.53. The van der Waals surface area contributed by atoms with Gasteiger partial charge in [-0.05, 0) is 76.0 Å². The minimum atomic E-state index is -0.254. The Balaban J connectivity index is 1.46. The van der Waals surface area contributed by atoms with Crippen LogP contribution < -0.4 is 15.4 Å². The number of aryl methyl sites for hydroxylation is 4. The standard InChI is InChI=1S/C25H32N2O4S/c1-15-11-16(2)23(17(3)12-15)31-14-21(28)27-25-22(19-8-4-5-9-20(19)32-25)24(29)26-13-18-7-6-10-30-18/h11-12,18H,4-10,13-14H2,1-3H3,(H,26,29)(H,27,28). The topological polar surface area (TPSA) is 76.7 Å². The van der Waals surface area contributed by atoms with Crippen LogP contribution >= 0.6 is 11.3 Å². The van der Waals surface area contributed by atoms with E-state index in [-0.39, 0.29) is 24.5 Å². The van der Waals surface area contributed by atoms with Gasteiger partial charge in [0.2, 0.25) is 0 Å². The maximum Gasteiger partial charge on any atom is 0.262 e. The van der Waals surface area contributed by atoms with Gasteiger partial charge in [0.25, 0.3) is 11.8 Å². The third kappa shape index (κ3) is 5.15. The van der Waals surface area contributed by atoms with Crippen LogP contribution in [0.3, 0.4) is 0 Å². The fourth-order valence-electron chi connectivity index (χ4n) is 4.69. The van der Waals surface area contributed by atoms with Crippen LogP contribution in [0, 0.1) is 20.8 Å². The molecule has 1 unspecified atom stereocenters. The largest absolute Gasteiger partial charge is 0.483 e. The summed E-state index contributed by atoms with van der Waals surface area (Å²) in [6.45, 7) is 7.18. The van der Waals surface area contributed by atoms with E-state index in [0.717, 1.165) is 67.6 Å². The fourth-order valence-corrected chi connectivity index (χ4v) is 5.99. The Morgan fingerprint density at radius 2 is 1.88 bits per heavy atom. The summed E-state index contributed by atoms with van der Waals surface area (Å²) in [6.07, 6.45) is 6.12. The van der Waals surface area contributed by atoms with Crippen LogP contribution in [0.1, 0.15) is 63.2 Å². The molecule has 1 aliphatic heterocycles. The van der Waals surface area contributed by atoms with Crippen molar-refractivity contribution in [2.75, 3.05) is 25.1 Å². The van der Waals surface area contributed by atoms with E-state index in [4.69, 9.17) is 9.47 Å². The molecule has 0 saturated carbocycles. The number of benzene rings is 1. The number of carbonyl (C=O) groups excluding carboxylic acids is 2. The SMILES string of the molecule is Cc1cc(C)c(OCC(=O)Nc2sc3c(c2C(=O)NCC2CCCO2)CCCC3)c(C)c1. The monoisotopic (exact) mass is 456 g/mol. The first-order valence-electron chi connectivity index (χ1n) is 11.5. The Labute approximate surface area is 193 Å². The normalized spacial score (nSPS) is 17.7. The number of anilines is 1. The molecule has 2 aromatic rings. The molecule has 0 bridgehead atoms. The molecule has 4 rings (SSSR count). The highest BCUT2D eigenvalue weighted by atomic mass is 32.1. The molecule has 1 fully saturated rings. The zero-order valence-corrected chi connectivity index (χ0v) is 20.0. The van der Waals surface area contributed by atoms with Crippen molar-refractivity contribution in [2.45, 2.75) is 65.4 Å². The molecule has 1 aromatic carbocycles. The van der Waals surface area contributed by atoms with Crippen molar-refractivity contribution in [3.8, 4) is 5.75 Å². The molecule has 0 radical (unpaired) electrons. The van der Waals surface area contributed by atoms with Crippen LogP contribution in [0.5, 0.6) is 5.75 Å². The summed E-state index contributed by atoms with van der Waals surface area (Å²) in [6, 6.07) is 4.09. The Hall–Kier alpha value is -2.38. The Morgan fingerprint density at radius 3 is 2.59 bits per heavy atom. The van der Waals surface area contributed by atoms with Crippen molar-refractivity contribution in [2.24, 2.45) is 0 Å². The molecule has 6 nitrogen and oxygen atoms in total. The minimum absolute atomic E-state index is 0.0841. The van der Waals surface area contributed by atoms with Gasteiger partial charge in [-0.15, -0.1) is 11.3 Å². The van der Waals surface area contributed by atoms with E-state index in [1.165, 1.54) is 21.8 Å². The van der Waals surface area contributed by atoms with Gasteiger partial charge < -0.3 is 20.1 Å². The average molecular weight is 457 g/mol. The molecular formula is C25H32N2O4S. The van der Waals surface area contributed by atoms with Crippen LogP contribution in [0.25, 0.3) is 0 Å². The first-order valence-corrected chi connectivity index (χ1v) is 12.3. The third-order valence-corrected chi connectivity index (χ3v) is 7.33. The second-order valence-electron chi connectivity index (χ2n) is 8.82. The number of carbonyl (C=O) groups is 2. The summed E-state index contributed by atoms with van der Waals surface area (Å²) in [5.41, 5.74) is 4.90. The molecule has 2 heterocycles. The molecule has 1 aromatic heterocycles. The number of hydrogen-bond acceptors (Lipinski definition) is 5. The summed E-state index contributed by atoms with van der Waals surface area (Å²) in [4.78, 5) is 27.1. The summed E-state index contributed by atoms with van der Waals surface area (Å²) in [5.74, 6) is 0.364. The summed E-state index contributed by atoms with van der Waals surface area (Å²) in [7, 11) is 0. The van der Waals surface area contributed by atoms with E-state index in [9.17, 15) is 9.59 Å². The van der Waals surface area contributed by atoms with Crippen molar-refractivity contribution < 1.29 is 19.1 Å². The van der Waals surface area contributed by atoms with Gasteiger partial charge in [0.05, 0.1) is 11.7 Å². The lowest BCUT2D eigenvalue weighted by Crippen LogP contribution is -2.33. The van der Waals surface area contributed by atoms with E-state index in [0.29, 0.717) is 17.1 Å². The van der Waals surface area contributed by atoms with Crippen LogP contribution in [-0.4, -0.2) is 37.7 Å². The van der Waals surface area contributed by atoms with Crippen molar-refractivity contribution in [3.63, 3.8) is 0 Å². The molecule has 0 spiro atoms. The van der Waals surface area contributed by atoms with Gasteiger partial charge in [-0.3, -0.25) is 9.59 Å². The van der Waals surface area contributed by atoms with Gasteiger partial charge >= 0.3 is 0 Å². The Kier molecular flexibility index (Phi) is 7.16. The first-order chi connectivity index (χ1) is 15.4. The smallest absolute Gasteiger partial charge is 0.262 e. The maximum absolute atomic E-state index is 13.1. The second-order valence-corrected chi connectivity index (χ2v) is 9.93. The third-order valence-electron chi connectivity index (χ3n) is 6.12. The predicted molar refractivity (Wildman–Crippen MR) is 127 cm³/mol. The lowest BCUT2D eigenvalue weighted by molar-refractivity contribution is -0.118. The summed E-state index contributed by atoms with van der Waals surface area (Å²) < 4.78 is 11.5. The zero-order valence-electron chi connectivity index (χ0n) is 19.1. The minimum Gasteiger partial charge on any atom is -0.483 e. The van der Waals surface area contributed by atoms with Crippen molar-refractivity contribution in [1.29, 1.82) is 0 Å². The van der Waals surface area contributed by atoms with Crippen molar-refractivity contribution >= 4 is 28.2 Å². The van der Waals surface area contributed by atoms with Crippen LogP contribution in [0.2, 0.25) is 0 Å². The number of hydrogen-bond donors (Lipinski definition) is 2. The van der Waals surface area contributed by atoms with Gasteiger partial charge in [0, 0.05) is 18.0 Å². The highest BCUT2D eigenvalue weighted by molar-refractivity contribution is 7.17. The zero-order chi connectivity index (χ0) is 22.7. The molecule has 1 aliphatic carbocycles. The van der Waals surface area contributed by atoms with E-state index in [1.54, 1.807) is 0 Å². The maximum atomic E-state index is 13.1. The lowest BCUT2D eigenvalue weighted by Gasteiger charge is -2.15. The number of thiophene rings is 1. The lowest BCUT2D eigenvalue weighted by atomic mass is 9.95. The van der Waals surface area contributed by atoms with Crippen LogP contribution in [-0.2, 0) is 22.4 Å². The highest BCUT2D eigenvalue weighted by Gasteiger charge is 2.27. The number of fused-ring (bicyclic) bond motifs is 1. The fraction of sp³-hybridized carbons (Fsp3) is 0.520. The molecule has 32 heavy (non-hydrogen) atoms. The highest BCUT2D eigenvalue weighted by Crippen LogP contribution is 2.38. The van der Waals surface area contributed by atoms with E-state index >= 15 is 0 Å².